The molecule has 16 nitrogen and oxygen atoms in total. The first-order chi connectivity index (χ1) is 16.8. The van der Waals surface area contributed by atoms with Crippen molar-refractivity contribution in [3.05, 3.63) is 0 Å². The van der Waals surface area contributed by atoms with Gasteiger partial charge in [-0.25, -0.2) is 4.79 Å². The lowest BCUT2D eigenvalue weighted by atomic mass is 10.1. The minimum Gasteiger partial charge on any atom is -0.481 e. The summed E-state index contributed by atoms with van der Waals surface area (Å²) < 4.78 is 0. The van der Waals surface area contributed by atoms with Crippen LogP contribution in [0.1, 0.15) is 32.1 Å². The van der Waals surface area contributed by atoms with Gasteiger partial charge in [-0.05, 0) is 31.3 Å². The van der Waals surface area contributed by atoms with Gasteiger partial charge in [-0.2, -0.15) is 11.8 Å². The summed E-state index contributed by atoms with van der Waals surface area (Å²) >= 11 is 1.37. The van der Waals surface area contributed by atoms with Crippen LogP contribution in [0.4, 0.5) is 0 Å². The summed E-state index contributed by atoms with van der Waals surface area (Å²) in [6.45, 7) is 0.0995. The van der Waals surface area contributed by atoms with Crippen LogP contribution >= 0.6 is 11.8 Å². The van der Waals surface area contributed by atoms with E-state index in [-0.39, 0.29) is 31.8 Å². The number of nitrogens with one attached hydrogen (secondary N) is 3. The van der Waals surface area contributed by atoms with Gasteiger partial charge in [0.1, 0.15) is 18.1 Å². The Bertz CT molecular complexity index is 836. The molecular formula is C19H34N8O8S. The highest BCUT2D eigenvalue weighted by Crippen LogP contribution is 2.06. The maximum atomic E-state index is 13.0. The molecule has 17 heteroatoms. The molecule has 0 aliphatic heterocycles. The van der Waals surface area contributed by atoms with Crippen LogP contribution in [0.15, 0.2) is 4.99 Å². The molecule has 0 fully saturated rings. The molecule has 0 spiro atoms. The molecule has 0 aromatic heterocycles. The summed E-state index contributed by atoms with van der Waals surface area (Å²) in [5, 5.41) is 25.0. The summed E-state index contributed by atoms with van der Waals surface area (Å²) in [4.78, 5) is 75.1. The van der Waals surface area contributed by atoms with Crippen LogP contribution in [0.3, 0.4) is 0 Å². The summed E-state index contributed by atoms with van der Waals surface area (Å²) in [6, 6.07) is -5.49. The Kier molecular flexibility index (Phi) is 15.2. The molecule has 4 atom stereocenters. The maximum Gasteiger partial charge on any atom is 0.326 e. The number of nitrogens with zero attached hydrogens (tertiary/aromatic N) is 1. The largest absolute Gasteiger partial charge is 0.481 e. The predicted molar refractivity (Wildman–Crippen MR) is 130 cm³/mol. The number of carbonyl (C=O) groups excluding carboxylic acids is 4. The van der Waals surface area contributed by atoms with Gasteiger partial charge < -0.3 is 49.1 Å². The number of thioether (sulfide) groups is 1. The maximum absolute atomic E-state index is 13.0. The number of guanidine groups is 1. The van der Waals surface area contributed by atoms with E-state index in [1.54, 1.807) is 6.26 Å². The van der Waals surface area contributed by atoms with E-state index in [1.165, 1.54) is 11.8 Å². The van der Waals surface area contributed by atoms with Gasteiger partial charge in [0.15, 0.2) is 5.96 Å². The SMILES string of the molecule is CSCCC(NC(=O)C(N)CC(=O)O)C(=O)NC(CCCN=C(N)N)C(=O)NC(CC(N)=O)C(=O)O. The minimum atomic E-state index is -1.63. The van der Waals surface area contributed by atoms with Crippen molar-refractivity contribution in [2.24, 2.45) is 27.9 Å². The zero-order valence-electron chi connectivity index (χ0n) is 19.8. The average molecular weight is 535 g/mol. The quantitative estimate of drug-likeness (QED) is 0.0462. The second kappa shape index (κ2) is 16.9. The van der Waals surface area contributed by atoms with Gasteiger partial charge >= 0.3 is 11.9 Å². The molecule has 0 bridgehead atoms. The van der Waals surface area contributed by atoms with E-state index < -0.39 is 72.6 Å². The van der Waals surface area contributed by atoms with E-state index >= 15 is 0 Å². The van der Waals surface area contributed by atoms with Crippen LogP contribution in [0.2, 0.25) is 0 Å². The van der Waals surface area contributed by atoms with Gasteiger partial charge in [0.2, 0.25) is 23.6 Å². The van der Waals surface area contributed by atoms with E-state index in [9.17, 15) is 33.9 Å². The van der Waals surface area contributed by atoms with E-state index in [4.69, 9.17) is 28.0 Å². The fourth-order valence-corrected chi connectivity index (χ4v) is 3.25. The van der Waals surface area contributed by atoms with Crippen LogP contribution in [-0.4, -0.2) is 94.5 Å². The highest BCUT2D eigenvalue weighted by Gasteiger charge is 2.30. The molecule has 0 rings (SSSR count). The van der Waals surface area contributed by atoms with Gasteiger partial charge in [0.25, 0.3) is 0 Å². The number of amides is 4. The Hall–Kier alpha value is -3.60. The molecule has 4 amide bonds. The molecular weight excluding hydrogens is 500 g/mol. The second-order valence-electron chi connectivity index (χ2n) is 7.63. The Labute approximate surface area is 211 Å². The molecule has 0 aliphatic carbocycles. The van der Waals surface area contributed by atoms with Crippen LogP contribution in [0.5, 0.6) is 0 Å². The number of carboxylic acid groups (broad SMARTS) is 2. The van der Waals surface area contributed by atoms with Crippen LogP contribution in [0, 0.1) is 0 Å². The third-order valence-corrected chi connectivity index (χ3v) is 5.22. The van der Waals surface area contributed by atoms with E-state index in [2.05, 4.69) is 20.9 Å². The zero-order chi connectivity index (χ0) is 27.8. The van der Waals surface area contributed by atoms with E-state index in [0.717, 1.165) is 0 Å². The van der Waals surface area contributed by atoms with Crippen molar-refractivity contribution in [3.8, 4) is 0 Å². The van der Waals surface area contributed by atoms with Crippen LogP contribution < -0.4 is 38.9 Å². The molecule has 36 heavy (non-hydrogen) atoms. The second-order valence-corrected chi connectivity index (χ2v) is 8.61. The van der Waals surface area contributed by atoms with Gasteiger partial charge in [0.05, 0.1) is 18.9 Å². The smallest absolute Gasteiger partial charge is 0.326 e. The number of hydrogen-bond acceptors (Lipinski definition) is 9. The number of rotatable bonds is 18. The Morgan fingerprint density at radius 1 is 0.833 bits per heavy atom. The van der Waals surface area contributed by atoms with Crippen molar-refractivity contribution in [2.45, 2.75) is 56.3 Å². The third kappa shape index (κ3) is 14.0. The Morgan fingerprint density at radius 2 is 1.36 bits per heavy atom. The molecule has 0 saturated carbocycles. The zero-order valence-corrected chi connectivity index (χ0v) is 20.6. The predicted octanol–water partition coefficient (Wildman–Crippen LogP) is -3.99. The fourth-order valence-electron chi connectivity index (χ4n) is 2.78. The summed E-state index contributed by atoms with van der Waals surface area (Å²) in [5.41, 5.74) is 21.1. The summed E-state index contributed by atoms with van der Waals surface area (Å²) in [7, 11) is 0. The molecule has 13 N–H and O–H groups in total. The number of primary amides is 1. The summed E-state index contributed by atoms with van der Waals surface area (Å²) in [5.74, 6) is -6.12. The minimum absolute atomic E-state index is 0.0288. The van der Waals surface area contributed by atoms with E-state index in [1.807, 2.05) is 0 Å². The first-order valence-corrected chi connectivity index (χ1v) is 12.1. The van der Waals surface area contributed by atoms with Crippen molar-refractivity contribution in [1.29, 1.82) is 0 Å². The van der Waals surface area contributed by atoms with Gasteiger partial charge in [-0.15, -0.1) is 0 Å². The molecule has 0 aliphatic rings. The van der Waals surface area contributed by atoms with Crippen molar-refractivity contribution in [3.63, 3.8) is 0 Å². The molecule has 0 heterocycles. The van der Waals surface area contributed by atoms with Gasteiger partial charge in [-0.3, -0.25) is 29.0 Å². The van der Waals surface area contributed by atoms with Crippen molar-refractivity contribution in [1.82, 2.24) is 16.0 Å². The molecule has 0 saturated heterocycles. The fraction of sp³-hybridized carbons (Fsp3) is 0.632. The number of hydrogen-bond donors (Lipinski definition) is 9. The Morgan fingerprint density at radius 3 is 1.83 bits per heavy atom. The number of aliphatic carboxylic acids is 2. The molecule has 204 valence electrons. The lowest BCUT2D eigenvalue weighted by Crippen LogP contribution is -2.57. The van der Waals surface area contributed by atoms with E-state index in [0.29, 0.717) is 5.75 Å². The Balaban J connectivity index is 5.63. The molecule has 0 aromatic carbocycles. The van der Waals surface area contributed by atoms with Crippen LogP contribution in [-0.2, 0) is 28.8 Å². The number of aliphatic imine (C=N–C) groups is 1. The third-order valence-electron chi connectivity index (χ3n) is 4.57. The number of carbonyl (C=O) groups is 6. The highest BCUT2D eigenvalue weighted by molar-refractivity contribution is 7.98. The normalized spacial score (nSPS) is 13.8. The monoisotopic (exact) mass is 534 g/mol. The molecule has 0 aromatic rings. The molecule has 0 radical (unpaired) electrons. The van der Waals surface area contributed by atoms with Gasteiger partial charge in [0, 0.05) is 6.54 Å². The van der Waals surface area contributed by atoms with Crippen molar-refractivity contribution in [2.75, 3.05) is 18.6 Å². The highest BCUT2D eigenvalue weighted by atomic mass is 32.2. The average Bonchev–Trinajstić information content (AvgIpc) is 2.76. The first kappa shape index (κ1) is 32.4. The standard InChI is InChI=1S/C19H34N8O8S/c1-36-6-4-11(25-15(31)9(20)7-14(29)30)17(33)26-10(3-2-5-24-19(22)23)16(32)27-12(18(34)35)8-13(21)28/h9-12H,2-8,20H2,1H3,(H2,21,28)(H,25,31)(H,26,33)(H,27,32)(H,29,30)(H,34,35)(H4,22,23,24). The van der Waals surface area contributed by atoms with Crippen molar-refractivity contribution >= 4 is 53.3 Å². The lowest BCUT2D eigenvalue weighted by Gasteiger charge is -2.25. The number of nitrogens with two attached hydrogens (primary N) is 4. The van der Waals surface area contributed by atoms with Gasteiger partial charge in [-0.1, -0.05) is 0 Å². The molecule has 4 unspecified atom stereocenters. The van der Waals surface area contributed by atoms with Crippen molar-refractivity contribution < 1.29 is 39.0 Å². The van der Waals surface area contributed by atoms with Crippen LogP contribution in [0.25, 0.3) is 0 Å². The topological polar surface area (TPSA) is 295 Å². The number of carboxylic acids is 2. The first-order valence-electron chi connectivity index (χ1n) is 10.7. The lowest BCUT2D eigenvalue weighted by molar-refractivity contribution is -0.143. The summed E-state index contributed by atoms with van der Waals surface area (Å²) in [6.07, 6.45) is 0.727.